The molecule has 5 nitrogen and oxygen atoms in total. The summed E-state index contributed by atoms with van der Waals surface area (Å²) < 4.78 is 58.0. The molecule has 2 aromatic rings. The predicted molar refractivity (Wildman–Crippen MR) is 102 cm³/mol. The van der Waals surface area contributed by atoms with Gasteiger partial charge in [-0.1, -0.05) is 12.1 Å². The Labute approximate surface area is 165 Å². The van der Waals surface area contributed by atoms with Crippen molar-refractivity contribution < 1.29 is 26.7 Å². The summed E-state index contributed by atoms with van der Waals surface area (Å²) in [6.07, 6.45) is 1.16. The Hall–Kier alpha value is -1.71. The minimum Gasteiger partial charge on any atom is -0.493 e. The molecule has 0 spiro atoms. The second-order valence-electron chi connectivity index (χ2n) is 5.93. The number of nitrogens with one attached hydrogen (secondary N) is 1. The summed E-state index contributed by atoms with van der Waals surface area (Å²) in [5.74, 6) is 0.146. The lowest BCUT2D eigenvalue weighted by Crippen LogP contribution is -2.18. The Morgan fingerprint density at radius 1 is 1.19 bits per heavy atom. The van der Waals surface area contributed by atoms with Crippen molar-refractivity contribution in [3.63, 3.8) is 0 Å². The van der Waals surface area contributed by atoms with E-state index in [1.807, 2.05) is 6.92 Å². The molecule has 9 heteroatoms. The van der Waals surface area contributed by atoms with Crippen molar-refractivity contribution >= 4 is 25.8 Å². The third kappa shape index (κ3) is 5.88. The molecule has 1 atom stereocenters. The topological polar surface area (TPSA) is 64.6 Å². The number of rotatable bonds is 8. The zero-order chi connectivity index (χ0) is 20.2. The van der Waals surface area contributed by atoms with Gasteiger partial charge >= 0.3 is 6.61 Å². The smallest absolute Gasteiger partial charge is 0.387 e. The summed E-state index contributed by atoms with van der Waals surface area (Å²) in [5.41, 5.74) is 1.73. The molecule has 0 saturated heterocycles. The van der Waals surface area contributed by atoms with Crippen molar-refractivity contribution in [1.29, 1.82) is 0 Å². The maximum atomic E-state index is 12.5. The fourth-order valence-corrected chi connectivity index (χ4v) is 3.68. The molecule has 2 aromatic carbocycles. The molecule has 148 valence electrons. The zero-order valence-corrected chi connectivity index (χ0v) is 17.4. The van der Waals surface area contributed by atoms with Crippen molar-refractivity contribution in [3.8, 4) is 11.5 Å². The van der Waals surface area contributed by atoms with Gasteiger partial charge in [0.2, 0.25) is 0 Å². The van der Waals surface area contributed by atoms with Crippen LogP contribution in [0.2, 0.25) is 0 Å². The standard InChI is InChI=1S/C18H20BrF2NO4S/c1-11(13-4-6-14(7-5-13)27(3,23)24)22-10-12-8-15(19)17(26-18(20)21)16(9-12)25-2/h4-9,11,18,22H,10H2,1-3H3. The molecule has 1 unspecified atom stereocenters. The number of benzene rings is 2. The van der Waals surface area contributed by atoms with Gasteiger partial charge in [0.05, 0.1) is 16.5 Å². The van der Waals surface area contributed by atoms with Crippen LogP contribution in [-0.2, 0) is 16.4 Å². The van der Waals surface area contributed by atoms with Crippen molar-refractivity contribution in [3.05, 3.63) is 52.0 Å². The summed E-state index contributed by atoms with van der Waals surface area (Å²) in [7, 11) is -1.85. The van der Waals surface area contributed by atoms with E-state index in [1.54, 1.807) is 36.4 Å². The van der Waals surface area contributed by atoms with E-state index >= 15 is 0 Å². The van der Waals surface area contributed by atoms with Crippen LogP contribution in [0.4, 0.5) is 8.78 Å². The lowest BCUT2D eigenvalue weighted by Gasteiger charge is -2.17. The van der Waals surface area contributed by atoms with Crippen LogP contribution in [0.25, 0.3) is 0 Å². The van der Waals surface area contributed by atoms with Crippen LogP contribution in [0.5, 0.6) is 11.5 Å². The lowest BCUT2D eigenvalue weighted by atomic mass is 10.1. The number of hydrogen-bond donors (Lipinski definition) is 1. The highest BCUT2D eigenvalue weighted by atomic mass is 79.9. The highest BCUT2D eigenvalue weighted by molar-refractivity contribution is 9.10. The van der Waals surface area contributed by atoms with E-state index < -0.39 is 16.4 Å². The van der Waals surface area contributed by atoms with E-state index in [2.05, 4.69) is 26.0 Å². The number of alkyl halides is 2. The predicted octanol–water partition coefficient (Wildman–Crippen LogP) is 4.31. The maximum absolute atomic E-state index is 12.5. The second-order valence-corrected chi connectivity index (χ2v) is 8.80. The zero-order valence-electron chi connectivity index (χ0n) is 15.0. The molecule has 0 aliphatic heterocycles. The van der Waals surface area contributed by atoms with Crippen LogP contribution in [0.3, 0.4) is 0 Å². The van der Waals surface area contributed by atoms with Crippen LogP contribution < -0.4 is 14.8 Å². The van der Waals surface area contributed by atoms with Gasteiger partial charge in [-0.15, -0.1) is 0 Å². The summed E-state index contributed by atoms with van der Waals surface area (Å²) in [5, 5.41) is 3.30. The van der Waals surface area contributed by atoms with Crippen LogP contribution in [0, 0.1) is 0 Å². The molecule has 0 saturated carbocycles. The van der Waals surface area contributed by atoms with E-state index in [1.165, 1.54) is 7.11 Å². The average Bonchev–Trinajstić information content (AvgIpc) is 2.60. The fraction of sp³-hybridized carbons (Fsp3) is 0.333. The quantitative estimate of drug-likeness (QED) is 0.631. The van der Waals surface area contributed by atoms with E-state index in [9.17, 15) is 17.2 Å². The van der Waals surface area contributed by atoms with Gasteiger partial charge < -0.3 is 14.8 Å². The van der Waals surface area contributed by atoms with E-state index in [0.717, 1.165) is 17.4 Å². The van der Waals surface area contributed by atoms with Crippen molar-refractivity contribution in [2.45, 2.75) is 31.0 Å². The van der Waals surface area contributed by atoms with Crippen molar-refractivity contribution in [2.75, 3.05) is 13.4 Å². The first-order valence-electron chi connectivity index (χ1n) is 7.96. The first kappa shape index (κ1) is 21.6. The number of halogens is 3. The number of sulfone groups is 1. The minimum absolute atomic E-state index is 0.0549. The highest BCUT2D eigenvalue weighted by Gasteiger charge is 2.16. The summed E-state index contributed by atoms with van der Waals surface area (Å²) in [4.78, 5) is 0.265. The Kier molecular flexibility index (Phi) is 7.19. The molecular formula is C18H20BrF2NO4S. The van der Waals surface area contributed by atoms with E-state index in [-0.39, 0.29) is 22.4 Å². The van der Waals surface area contributed by atoms with Crippen molar-refractivity contribution in [2.24, 2.45) is 0 Å². The van der Waals surface area contributed by atoms with Gasteiger partial charge in [0, 0.05) is 18.8 Å². The highest BCUT2D eigenvalue weighted by Crippen LogP contribution is 2.37. The van der Waals surface area contributed by atoms with Gasteiger partial charge in [0.25, 0.3) is 0 Å². The maximum Gasteiger partial charge on any atom is 0.387 e. The lowest BCUT2D eigenvalue weighted by molar-refractivity contribution is -0.0517. The van der Waals surface area contributed by atoms with Crippen LogP contribution in [-0.4, -0.2) is 28.4 Å². The minimum atomic E-state index is -3.23. The molecule has 2 rings (SSSR count). The molecule has 0 fully saturated rings. The van der Waals surface area contributed by atoms with E-state index in [4.69, 9.17) is 4.74 Å². The average molecular weight is 464 g/mol. The largest absolute Gasteiger partial charge is 0.493 e. The Bertz CT molecular complexity index is 889. The van der Waals surface area contributed by atoms with Crippen molar-refractivity contribution in [1.82, 2.24) is 5.32 Å². The number of ether oxygens (including phenoxy) is 2. The van der Waals surface area contributed by atoms with Gasteiger partial charge in [-0.05, 0) is 58.2 Å². The normalized spacial score (nSPS) is 12.9. The van der Waals surface area contributed by atoms with E-state index in [0.29, 0.717) is 11.0 Å². The molecule has 0 radical (unpaired) electrons. The third-order valence-corrected chi connectivity index (χ3v) is 5.63. The monoisotopic (exact) mass is 463 g/mol. The number of hydrogen-bond acceptors (Lipinski definition) is 5. The molecule has 0 amide bonds. The van der Waals surface area contributed by atoms with Gasteiger partial charge in [0.15, 0.2) is 21.3 Å². The Balaban J connectivity index is 2.10. The molecule has 0 bridgehead atoms. The molecule has 27 heavy (non-hydrogen) atoms. The Morgan fingerprint density at radius 3 is 2.33 bits per heavy atom. The molecular weight excluding hydrogens is 444 g/mol. The Morgan fingerprint density at radius 2 is 1.81 bits per heavy atom. The van der Waals surface area contributed by atoms with Gasteiger partial charge in [-0.3, -0.25) is 0 Å². The molecule has 0 aliphatic carbocycles. The van der Waals surface area contributed by atoms with Crippen LogP contribution in [0.15, 0.2) is 45.8 Å². The fourth-order valence-electron chi connectivity index (χ4n) is 2.47. The summed E-state index contributed by atoms with van der Waals surface area (Å²) in [6.45, 7) is -0.566. The molecule has 0 aliphatic rings. The van der Waals surface area contributed by atoms with Gasteiger partial charge in [0.1, 0.15) is 0 Å². The molecule has 0 heterocycles. The molecule has 1 N–H and O–H groups in total. The summed E-state index contributed by atoms with van der Waals surface area (Å²) in [6, 6.07) is 9.88. The van der Waals surface area contributed by atoms with Crippen LogP contribution >= 0.6 is 15.9 Å². The first-order valence-corrected chi connectivity index (χ1v) is 10.6. The van der Waals surface area contributed by atoms with Crippen LogP contribution in [0.1, 0.15) is 24.1 Å². The molecule has 0 aromatic heterocycles. The SMILES string of the molecule is COc1cc(CNC(C)c2ccc(S(C)(=O)=O)cc2)cc(Br)c1OC(F)F. The second kappa shape index (κ2) is 8.99. The van der Waals surface area contributed by atoms with Gasteiger partial charge in [-0.2, -0.15) is 8.78 Å². The first-order chi connectivity index (χ1) is 12.6. The number of methoxy groups -OCH3 is 1. The third-order valence-electron chi connectivity index (χ3n) is 3.92. The summed E-state index contributed by atoms with van der Waals surface area (Å²) >= 11 is 3.22. The van der Waals surface area contributed by atoms with Gasteiger partial charge in [-0.25, -0.2) is 8.42 Å².